The van der Waals surface area contributed by atoms with Crippen LogP contribution in [-0.2, 0) is 43.1 Å². The van der Waals surface area contributed by atoms with Gasteiger partial charge in [0, 0.05) is 55.2 Å². The van der Waals surface area contributed by atoms with E-state index in [4.69, 9.17) is 41.7 Å². The number of aliphatic hydroxyl groups excluding tert-OH is 2. The van der Waals surface area contributed by atoms with Crippen LogP contribution in [0.5, 0.6) is 0 Å². The number of hydrogen-bond acceptors (Lipinski definition) is 16. The van der Waals surface area contributed by atoms with Crippen molar-refractivity contribution in [3.8, 4) is 0 Å². The quantitative estimate of drug-likeness (QED) is 0.0361. The SMILES string of the molecule is [C-]#[N+]CCOP(=S)(OC[C@H]1C[C@@H](n2cnc3c(=O)n4ccn(CCc5ccc([N+](=O)[O-])cc5)c4nc32)[C@@H]1CO)O[C@H]1[C@@H](F)[C@H](n2cnc3c(NC(=O)c4ccccc4)ncnc32)O[C@@H]1CO. The molecule has 1 aliphatic carbocycles. The lowest BCUT2D eigenvalue weighted by Crippen LogP contribution is -2.43. The largest absolute Gasteiger partial charge is 0.396 e. The molecule has 1 saturated carbocycles. The highest BCUT2D eigenvalue weighted by atomic mass is 32.5. The molecule has 7 aromatic rings. The summed E-state index contributed by atoms with van der Waals surface area (Å²) in [6.07, 6.45) is 2.07. The second-order valence-electron chi connectivity index (χ2n) is 15.6. The Balaban J connectivity index is 0.893. The van der Waals surface area contributed by atoms with Crippen molar-refractivity contribution in [2.75, 3.05) is 38.3 Å². The van der Waals surface area contributed by atoms with Gasteiger partial charge in [0.15, 0.2) is 40.5 Å². The van der Waals surface area contributed by atoms with Gasteiger partial charge in [-0.05, 0) is 48.3 Å². The number of alkyl halides is 1. The zero-order valence-corrected chi connectivity index (χ0v) is 36.3. The van der Waals surface area contributed by atoms with E-state index in [2.05, 4.69) is 30.1 Å². The molecule has 0 bridgehead atoms. The van der Waals surface area contributed by atoms with Gasteiger partial charge in [-0.2, -0.15) is 4.98 Å². The maximum atomic E-state index is 16.6. The number of imidazole rings is 3. The van der Waals surface area contributed by atoms with E-state index in [1.807, 2.05) is 0 Å². The third-order valence-corrected chi connectivity index (χ3v) is 14.1. The summed E-state index contributed by atoms with van der Waals surface area (Å²) >= 11 is 5.79. The van der Waals surface area contributed by atoms with Gasteiger partial charge in [0.2, 0.25) is 12.3 Å². The molecule has 3 N–H and O–H groups in total. The van der Waals surface area contributed by atoms with Gasteiger partial charge >= 0.3 is 6.72 Å². The number of aromatic nitrogens is 9. The molecule has 1 unspecified atom stereocenters. The number of aryl methyl sites for hydroxylation is 2. The van der Waals surface area contributed by atoms with Gasteiger partial charge in [-0.1, -0.05) is 30.3 Å². The molecule has 1 saturated heterocycles. The van der Waals surface area contributed by atoms with Gasteiger partial charge in [0.05, 0.1) is 30.8 Å². The van der Waals surface area contributed by atoms with Crippen LogP contribution >= 0.6 is 6.72 Å². The number of rotatable bonds is 18. The number of nitro groups is 1. The van der Waals surface area contributed by atoms with E-state index in [1.54, 1.807) is 64.0 Å². The van der Waals surface area contributed by atoms with Crippen LogP contribution in [0.25, 0.3) is 33.0 Å². The molecule has 6 heterocycles. The van der Waals surface area contributed by atoms with E-state index in [9.17, 15) is 29.9 Å². The molecular weight excluding hydrogens is 903 g/mol. The van der Waals surface area contributed by atoms with E-state index >= 15 is 4.39 Å². The zero-order valence-electron chi connectivity index (χ0n) is 34.6. The summed E-state index contributed by atoms with van der Waals surface area (Å²) in [4.78, 5) is 62.4. The minimum absolute atomic E-state index is 0.00992. The maximum absolute atomic E-state index is 16.6. The molecule has 2 aromatic carbocycles. The number of amides is 1. The van der Waals surface area contributed by atoms with E-state index in [-0.39, 0.29) is 72.1 Å². The molecule has 22 nitrogen and oxygen atoms in total. The van der Waals surface area contributed by atoms with Gasteiger partial charge in [-0.3, -0.25) is 28.8 Å². The molecule has 66 heavy (non-hydrogen) atoms. The van der Waals surface area contributed by atoms with Crippen molar-refractivity contribution >= 4 is 64.0 Å². The lowest BCUT2D eigenvalue weighted by atomic mass is 9.70. The summed E-state index contributed by atoms with van der Waals surface area (Å²) in [6.45, 7) is 2.45. The highest BCUT2D eigenvalue weighted by Gasteiger charge is 2.51. The van der Waals surface area contributed by atoms with Crippen molar-refractivity contribution in [1.82, 2.24) is 43.0 Å². The van der Waals surface area contributed by atoms with Crippen molar-refractivity contribution in [2.24, 2.45) is 11.8 Å². The van der Waals surface area contributed by atoms with Gasteiger partial charge in [-0.15, -0.1) is 0 Å². The molecule has 342 valence electrons. The number of ether oxygens (including phenoxy) is 1. The number of non-ortho nitro benzene ring substituents is 1. The monoisotopic (exact) mass is 942 g/mol. The molecule has 1 aliphatic heterocycles. The number of hydrogen-bond donors (Lipinski definition) is 3. The first-order chi connectivity index (χ1) is 32.0. The van der Waals surface area contributed by atoms with Gasteiger partial charge < -0.3 is 43.3 Å². The zero-order chi connectivity index (χ0) is 46.1. The Morgan fingerprint density at radius 2 is 1.80 bits per heavy atom. The van der Waals surface area contributed by atoms with E-state index in [0.717, 1.165) is 5.56 Å². The molecule has 25 heteroatoms. The van der Waals surface area contributed by atoms with Crippen molar-refractivity contribution in [2.45, 2.75) is 50.0 Å². The van der Waals surface area contributed by atoms with Crippen LogP contribution in [0.1, 0.15) is 34.6 Å². The fraction of sp³-hybridized carbons (Fsp3) is 0.366. The van der Waals surface area contributed by atoms with Crippen LogP contribution < -0.4 is 10.9 Å². The number of nitrogens with zero attached hydrogens (tertiary/aromatic N) is 11. The number of carbonyl (C=O) groups is 1. The first kappa shape index (κ1) is 44.8. The molecule has 1 amide bonds. The summed E-state index contributed by atoms with van der Waals surface area (Å²) in [5.41, 5.74) is 1.59. The Hall–Kier alpha value is -6.42. The molecule has 0 radical (unpaired) electrons. The van der Waals surface area contributed by atoms with Crippen LogP contribution in [0.2, 0.25) is 0 Å². The average molecular weight is 943 g/mol. The molecular formula is C41H40FN12O10PS. The van der Waals surface area contributed by atoms with Crippen molar-refractivity contribution in [3.63, 3.8) is 0 Å². The Bertz CT molecular complexity index is 3070. The second-order valence-corrected chi connectivity index (χ2v) is 18.5. The minimum Gasteiger partial charge on any atom is -0.396 e. The van der Waals surface area contributed by atoms with Gasteiger partial charge in [0.1, 0.15) is 25.1 Å². The number of aliphatic hydroxyl groups is 2. The fourth-order valence-corrected chi connectivity index (χ4v) is 10.4. The summed E-state index contributed by atoms with van der Waals surface area (Å²) in [7, 11) is 0. The number of halogens is 1. The Morgan fingerprint density at radius 1 is 1.03 bits per heavy atom. The predicted molar refractivity (Wildman–Crippen MR) is 235 cm³/mol. The van der Waals surface area contributed by atoms with Gasteiger partial charge in [0.25, 0.3) is 17.2 Å². The molecule has 5 aromatic heterocycles. The van der Waals surface area contributed by atoms with Crippen LogP contribution in [0, 0.1) is 28.5 Å². The third-order valence-electron chi connectivity index (χ3n) is 11.8. The highest BCUT2D eigenvalue weighted by Crippen LogP contribution is 2.56. The molecule has 0 spiro atoms. The van der Waals surface area contributed by atoms with E-state index in [0.29, 0.717) is 36.4 Å². The van der Waals surface area contributed by atoms with Crippen LogP contribution in [0.15, 0.2) is 90.8 Å². The van der Waals surface area contributed by atoms with Crippen molar-refractivity contribution < 1.29 is 42.6 Å². The number of nitro benzene ring substituents is 1. The summed E-state index contributed by atoms with van der Waals surface area (Å²) in [6, 6.07) is 14.4. The smallest absolute Gasteiger partial charge is 0.327 e. The topological polar surface area (TPSA) is 255 Å². The second kappa shape index (κ2) is 18.8. The average Bonchev–Trinajstić information content (AvgIpc) is 4.11. The summed E-state index contributed by atoms with van der Waals surface area (Å²) < 4.78 is 47.0. The number of nitrogens with one attached hydrogen (secondary N) is 1. The molecule has 9 rings (SSSR count). The third kappa shape index (κ3) is 8.58. The molecule has 2 fully saturated rings. The summed E-state index contributed by atoms with van der Waals surface area (Å²) in [5.74, 6) is -0.752. The summed E-state index contributed by atoms with van der Waals surface area (Å²) in [5, 5.41) is 34.8. The first-order valence-corrected chi connectivity index (χ1v) is 23.2. The van der Waals surface area contributed by atoms with Crippen LogP contribution in [0.4, 0.5) is 15.9 Å². The van der Waals surface area contributed by atoms with Crippen LogP contribution in [0.3, 0.4) is 0 Å². The number of benzene rings is 2. The predicted octanol–water partition coefficient (Wildman–Crippen LogP) is 4.05. The lowest BCUT2D eigenvalue weighted by molar-refractivity contribution is -0.384. The van der Waals surface area contributed by atoms with Crippen molar-refractivity contribution in [1.29, 1.82) is 0 Å². The Morgan fingerprint density at radius 3 is 2.55 bits per heavy atom. The Kier molecular flexibility index (Phi) is 12.8. The molecule has 8 atom stereocenters. The normalized spacial score (nSPS) is 22.6. The van der Waals surface area contributed by atoms with Gasteiger partial charge in [-0.25, -0.2) is 35.3 Å². The maximum Gasteiger partial charge on any atom is 0.327 e. The first-order valence-electron chi connectivity index (χ1n) is 20.6. The fourth-order valence-electron chi connectivity index (χ4n) is 8.25. The Labute approximate surface area is 377 Å². The number of carbonyl (C=O) groups excluding carboxylic acids is 1. The lowest BCUT2D eigenvalue weighted by Gasteiger charge is -2.44. The van der Waals surface area contributed by atoms with E-state index < -0.39 is 54.7 Å². The minimum atomic E-state index is -3.88. The number of anilines is 1. The molecule has 2 aliphatic rings. The van der Waals surface area contributed by atoms with E-state index in [1.165, 1.54) is 40.1 Å². The standard InChI is InChI=1S/C41H40FN12O10PS/c1-43-12-16-61-65(66,64-34-30(19-56)63-40(31(34)42)53-23-46-32-35(44-21-45-36(32)53)48-38(57)25-5-3-2-4-6-25)62-20-26-17-29(28(26)18-55)52-22-47-33-37(52)49-41-50(14-15-51(41)39(33)58)13-11-24-7-9-27(10-8-24)54(59)60/h2-10,14-15,21-23,26,28-31,34,40,55-56H,11-13,16-20H2,(H,44,45,48,57)/t26-,28-,29-,30-,31-,34-,40-,65?/m1/s1. The highest BCUT2D eigenvalue weighted by molar-refractivity contribution is 8.07. The van der Waals surface area contributed by atoms with Crippen molar-refractivity contribution in [3.05, 3.63) is 129 Å². The number of fused-ring (bicyclic) bond motifs is 3. The van der Waals surface area contributed by atoms with Crippen LogP contribution in [-0.4, -0.2) is 115 Å².